The van der Waals surface area contributed by atoms with E-state index in [4.69, 9.17) is 9.84 Å². The molecule has 0 unspecified atom stereocenters. The molecule has 1 aromatic carbocycles. The predicted octanol–water partition coefficient (Wildman–Crippen LogP) is 1.76. The Labute approximate surface area is 129 Å². The van der Waals surface area contributed by atoms with Crippen molar-refractivity contribution in [3.8, 4) is 0 Å². The Morgan fingerprint density at radius 2 is 2.14 bits per heavy atom. The van der Waals surface area contributed by atoms with Gasteiger partial charge in [0.2, 0.25) is 0 Å². The lowest BCUT2D eigenvalue weighted by Gasteiger charge is -2.30. The Kier molecular flexibility index (Phi) is 6.21. The number of amides is 1. The molecule has 1 heterocycles. The average Bonchev–Trinajstić information content (AvgIpc) is 2.54. The van der Waals surface area contributed by atoms with Gasteiger partial charge < -0.3 is 20.5 Å². The van der Waals surface area contributed by atoms with Gasteiger partial charge in [-0.15, -0.1) is 0 Å². The van der Waals surface area contributed by atoms with E-state index in [0.29, 0.717) is 0 Å². The van der Waals surface area contributed by atoms with Crippen LogP contribution in [-0.2, 0) is 16.1 Å². The van der Waals surface area contributed by atoms with Gasteiger partial charge in [-0.1, -0.05) is 30.3 Å². The molecule has 6 nitrogen and oxygen atoms in total. The standard InChI is InChI=1S/C16H22N2O4/c19-15(20)9-14(13-7-4-8-17-10-13)18-16(21)22-11-12-5-2-1-3-6-12/h1-3,5-6,13-14,17H,4,7-11H2,(H,18,21)(H,19,20)/t13-,14-/m0/s1. The molecule has 0 aliphatic carbocycles. The van der Waals surface area contributed by atoms with Gasteiger partial charge in [0.25, 0.3) is 0 Å². The van der Waals surface area contributed by atoms with Crippen molar-refractivity contribution in [2.75, 3.05) is 13.1 Å². The Bertz CT molecular complexity index is 486. The van der Waals surface area contributed by atoms with Gasteiger partial charge in [0.15, 0.2) is 0 Å². The van der Waals surface area contributed by atoms with Gasteiger partial charge in [0.05, 0.1) is 6.42 Å². The fourth-order valence-corrected chi connectivity index (χ4v) is 2.66. The Hall–Kier alpha value is -2.08. The third kappa shape index (κ3) is 5.37. The largest absolute Gasteiger partial charge is 0.481 e. The van der Waals surface area contributed by atoms with E-state index in [1.165, 1.54) is 0 Å². The van der Waals surface area contributed by atoms with Crippen LogP contribution in [0.1, 0.15) is 24.8 Å². The zero-order valence-electron chi connectivity index (χ0n) is 12.5. The van der Waals surface area contributed by atoms with Gasteiger partial charge in [-0.05, 0) is 37.4 Å². The van der Waals surface area contributed by atoms with Gasteiger partial charge in [0, 0.05) is 6.04 Å². The van der Waals surface area contributed by atoms with Crippen LogP contribution in [-0.4, -0.2) is 36.3 Å². The fourth-order valence-electron chi connectivity index (χ4n) is 2.66. The number of rotatable bonds is 6. The van der Waals surface area contributed by atoms with Gasteiger partial charge >= 0.3 is 12.1 Å². The number of aliphatic carboxylic acids is 1. The summed E-state index contributed by atoms with van der Waals surface area (Å²) in [6.07, 6.45) is 1.23. The molecule has 6 heteroatoms. The van der Waals surface area contributed by atoms with Crippen molar-refractivity contribution in [1.82, 2.24) is 10.6 Å². The summed E-state index contributed by atoms with van der Waals surface area (Å²) in [6.45, 7) is 1.83. The first-order valence-corrected chi connectivity index (χ1v) is 7.55. The fraction of sp³-hybridized carbons (Fsp3) is 0.500. The molecule has 1 saturated heterocycles. The first-order valence-electron chi connectivity index (χ1n) is 7.55. The van der Waals surface area contributed by atoms with Crippen molar-refractivity contribution in [2.24, 2.45) is 5.92 Å². The summed E-state index contributed by atoms with van der Waals surface area (Å²) in [4.78, 5) is 22.9. The van der Waals surface area contributed by atoms with E-state index in [-0.39, 0.29) is 18.9 Å². The highest BCUT2D eigenvalue weighted by Crippen LogP contribution is 2.17. The number of ether oxygens (including phenoxy) is 1. The summed E-state index contributed by atoms with van der Waals surface area (Å²) >= 11 is 0. The second kappa shape index (κ2) is 8.38. The van der Waals surface area contributed by atoms with Crippen LogP contribution in [0.3, 0.4) is 0 Å². The van der Waals surface area contributed by atoms with Crippen LogP contribution in [0.2, 0.25) is 0 Å². The highest BCUT2D eigenvalue weighted by Gasteiger charge is 2.27. The zero-order chi connectivity index (χ0) is 15.8. The quantitative estimate of drug-likeness (QED) is 0.745. The number of piperidine rings is 1. The number of carbonyl (C=O) groups is 2. The highest BCUT2D eigenvalue weighted by atomic mass is 16.5. The Balaban J connectivity index is 1.85. The predicted molar refractivity (Wildman–Crippen MR) is 81.4 cm³/mol. The molecule has 1 aromatic rings. The maximum absolute atomic E-state index is 11.9. The number of hydrogen-bond acceptors (Lipinski definition) is 4. The zero-order valence-corrected chi connectivity index (χ0v) is 12.5. The van der Waals surface area contributed by atoms with Crippen LogP contribution in [0.4, 0.5) is 4.79 Å². The minimum absolute atomic E-state index is 0.0905. The number of benzene rings is 1. The van der Waals surface area contributed by atoms with E-state index in [2.05, 4.69) is 10.6 Å². The minimum atomic E-state index is -0.918. The molecule has 2 rings (SSSR count). The van der Waals surface area contributed by atoms with Crippen LogP contribution in [0.15, 0.2) is 30.3 Å². The van der Waals surface area contributed by atoms with Crippen LogP contribution in [0.25, 0.3) is 0 Å². The molecule has 1 aliphatic rings. The minimum Gasteiger partial charge on any atom is -0.481 e. The van der Waals surface area contributed by atoms with Crippen molar-refractivity contribution in [3.63, 3.8) is 0 Å². The molecule has 2 atom stereocenters. The summed E-state index contributed by atoms with van der Waals surface area (Å²) < 4.78 is 5.17. The summed E-state index contributed by atoms with van der Waals surface area (Å²) in [7, 11) is 0. The monoisotopic (exact) mass is 306 g/mol. The maximum atomic E-state index is 11.9. The number of alkyl carbamates (subject to hydrolysis) is 1. The molecule has 3 N–H and O–H groups in total. The highest BCUT2D eigenvalue weighted by molar-refractivity contribution is 5.71. The molecular formula is C16H22N2O4. The number of carbonyl (C=O) groups excluding carboxylic acids is 1. The van der Waals surface area contributed by atoms with Crippen LogP contribution in [0, 0.1) is 5.92 Å². The van der Waals surface area contributed by atoms with Crippen LogP contribution < -0.4 is 10.6 Å². The second-order valence-electron chi connectivity index (χ2n) is 5.52. The van der Waals surface area contributed by atoms with Crippen molar-refractivity contribution in [1.29, 1.82) is 0 Å². The molecule has 0 spiro atoms. The van der Waals surface area contributed by atoms with Gasteiger partial charge in [0.1, 0.15) is 6.61 Å². The molecule has 1 aliphatic heterocycles. The molecule has 0 radical (unpaired) electrons. The molecule has 22 heavy (non-hydrogen) atoms. The van der Waals surface area contributed by atoms with Crippen molar-refractivity contribution < 1.29 is 19.4 Å². The Morgan fingerprint density at radius 1 is 1.36 bits per heavy atom. The Morgan fingerprint density at radius 3 is 2.77 bits per heavy atom. The van der Waals surface area contributed by atoms with Crippen molar-refractivity contribution in [2.45, 2.75) is 31.9 Å². The van der Waals surface area contributed by atoms with Crippen LogP contribution in [0.5, 0.6) is 0 Å². The topological polar surface area (TPSA) is 87.7 Å². The maximum Gasteiger partial charge on any atom is 0.407 e. The molecule has 0 saturated carbocycles. The molecule has 1 fully saturated rings. The van der Waals surface area contributed by atoms with Gasteiger partial charge in [-0.3, -0.25) is 4.79 Å². The van der Waals surface area contributed by atoms with Crippen molar-refractivity contribution >= 4 is 12.1 Å². The average molecular weight is 306 g/mol. The SMILES string of the molecule is O=C(O)C[C@H](NC(=O)OCc1ccccc1)[C@H]1CCCNC1. The molecule has 0 aromatic heterocycles. The molecular weight excluding hydrogens is 284 g/mol. The van der Waals surface area contributed by atoms with E-state index in [9.17, 15) is 9.59 Å². The van der Waals surface area contributed by atoms with E-state index in [1.807, 2.05) is 30.3 Å². The summed E-state index contributed by atoms with van der Waals surface area (Å²) in [5.41, 5.74) is 0.895. The van der Waals surface area contributed by atoms with Crippen LogP contribution >= 0.6 is 0 Å². The summed E-state index contributed by atoms with van der Waals surface area (Å²) in [5, 5.41) is 15.0. The third-order valence-corrected chi connectivity index (χ3v) is 3.81. The molecule has 1 amide bonds. The smallest absolute Gasteiger partial charge is 0.407 e. The van der Waals surface area contributed by atoms with Crippen molar-refractivity contribution in [3.05, 3.63) is 35.9 Å². The summed E-state index contributed by atoms with van der Waals surface area (Å²) in [5.74, 6) is -0.798. The van der Waals surface area contributed by atoms with E-state index < -0.39 is 18.1 Å². The lowest BCUT2D eigenvalue weighted by molar-refractivity contribution is -0.137. The van der Waals surface area contributed by atoms with E-state index >= 15 is 0 Å². The summed E-state index contributed by atoms with van der Waals surface area (Å²) in [6, 6.07) is 8.96. The number of hydrogen-bond donors (Lipinski definition) is 3. The molecule has 0 bridgehead atoms. The first-order chi connectivity index (χ1) is 10.6. The number of nitrogens with one attached hydrogen (secondary N) is 2. The van der Waals surface area contributed by atoms with E-state index in [1.54, 1.807) is 0 Å². The van der Waals surface area contributed by atoms with Gasteiger partial charge in [-0.2, -0.15) is 0 Å². The third-order valence-electron chi connectivity index (χ3n) is 3.81. The molecule has 120 valence electrons. The van der Waals surface area contributed by atoms with E-state index in [0.717, 1.165) is 31.5 Å². The second-order valence-corrected chi connectivity index (χ2v) is 5.52. The number of carboxylic acid groups (broad SMARTS) is 1. The first kappa shape index (κ1) is 16.3. The number of carboxylic acids is 1. The van der Waals surface area contributed by atoms with Gasteiger partial charge in [-0.25, -0.2) is 4.79 Å². The lowest BCUT2D eigenvalue weighted by Crippen LogP contribution is -2.47. The normalized spacial score (nSPS) is 19.2. The lowest BCUT2D eigenvalue weighted by atomic mass is 9.90.